The molecule has 0 aliphatic rings. The van der Waals surface area contributed by atoms with Crippen molar-refractivity contribution < 1.29 is 14.7 Å². The Labute approximate surface area is 124 Å². The molecule has 20 heavy (non-hydrogen) atoms. The molecule has 0 aliphatic heterocycles. The third kappa shape index (κ3) is 5.61. The zero-order valence-corrected chi connectivity index (χ0v) is 12.4. The molecule has 0 saturated heterocycles. The van der Waals surface area contributed by atoms with Crippen LogP contribution in [0.25, 0.3) is 0 Å². The number of nitrogens with one attached hydrogen (secondary N) is 1. The Hall–Kier alpha value is -1.55. The predicted molar refractivity (Wildman–Crippen MR) is 80.4 cm³/mol. The van der Waals surface area contributed by atoms with E-state index in [1.54, 1.807) is 6.07 Å². The van der Waals surface area contributed by atoms with Gasteiger partial charge >= 0.3 is 5.97 Å². The Kier molecular flexibility index (Phi) is 7.09. The first-order valence-corrected chi connectivity index (χ1v) is 7.25. The van der Waals surface area contributed by atoms with Gasteiger partial charge in [-0.25, -0.2) is 4.79 Å². The molecule has 2 N–H and O–H groups in total. The molecule has 0 radical (unpaired) electrons. The van der Waals surface area contributed by atoms with E-state index in [2.05, 4.69) is 12.2 Å². The first-order valence-electron chi connectivity index (χ1n) is 6.87. The number of carboxylic acids is 1. The lowest BCUT2D eigenvalue weighted by Crippen LogP contribution is -2.11. The number of carboxylic acid groups (broad SMARTS) is 1. The highest BCUT2D eigenvalue weighted by molar-refractivity contribution is 6.33. The maximum absolute atomic E-state index is 11.7. The molecule has 0 unspecified atom stereocenters. The van der Waals surface area contributed by atoms with Crippen molar-refractivity contribution in [1.82, 2.24) is 0 Å². The highest BCUT2D eigenvalue weighted by Gasteiger charge is 2.10. The summed E-state index contributed by atoms with van der Waals surface area (Å²) in [4.78, 5) is 22.5. The summed E-state index contributed by atoms with van der Waals surface area (Å²) in [5, 5.41) is 11.7. The Morgan fingerprint density at radius 3 is 2.50 bits per heavy atom. The molecule has 1 aromatic carbocycles. The van der Waals surface area contributed by atoms with Gasteiger partial charge in [0, 0.05) is 12.1 Å². The summed E-state index contributed by atoms with van der Waals surface area (Å²) in [6, 6.07) is 4.39. The average molecular weight is 298 g/mol. The summed E-state index contributed by atoms with van der Waals surface area (Å²) in [5.41, 5.74) is 0.558. The number of carbonyl (C=O) groups is 2. The number of benzene rings is 1. The minimum atomic E-state index is -1.08. The Balaban J connectivity index is 2.42. The molecule has 1 amide bonds. The normalized spacial score (nSPS) is 10.3. The Morgan fingerprint density at radius 2 is 1.90 bits per heavy atom. The van der Waals surface area contributed by atoms with Gasteiger partial charge in [-0.2, -0.15) is 0 Å². The van der Waals surface area contributed by atoms with Crippen molar-refractivity contribution in [3.05, 3.63) is 28.8 Å². The van der Waals surface area contributed by atoms with Crippen LogP contribution in [0, 0.1) is 0 Å². The van der Waals surface area contributed by atoms with Gasteiger partial charge in [0.25, 0.3) is 0 Å². The molecule has 5 heteroatoms. The van der Waals surface area contributed by atoms with E-state index in [0.717, 1.165) is 19.3 Å². The van der Waals surface area contributed by atoms with Crippen LogP contribution >= 0.6 is 11.6 Å². The fourth-order valence-corrected chi connectivity index (χ4v) is 2.14. The first-order chi connectivity index (χ1) is 9.54. The van der Waals surface area contributed by atoms with Crippen molar-refractivity contribution in [2.45, 2.75) is 45.4 Å². The standard InChI is InChI=1S/C15H20ClNO3/c1-2-3-4-5-6-7-14(18)17-11-8-9-12(15(19)20)13(16)10-11/h8-10H,2-7H2,1H3,(H,17,18)(H,19,20). The van der Waals surface area contributed by atoms with Crippen LogP contribution in [0.5, 0.6) is 0 Å². The summed E-state index contributed by atoms with van der Waals surface area (Å²) in [5.74, 6) is -1.15. The summed E-state index contributed by atoms with van der Waals surface area (Å²) in [7, 11) is 0. The number of hydrogen-bond donors (Lipinski definition) is 2. The number of rotatable bonds is 8. The lowest BCUT2D eigenvalue weighted by molar-refractivity contribution is -0.116. The monoisotopic (exact) mass is 297 g/mol. The van der Waals surface area contributed by atoms with E-state index < -0.39 is 5.97 Å². The van der Waals surface area contributed by atoms with Gasteiger partial charge in [0.05, 0.1) is 10.6 Å². The van der Waals surface area contributed by atoms with E-state index in [9.17, 15) is 9.59 Å². The van der Waals surface area contributed by atoms with E-state index in [1.165, 1.54) is 25.0 Å². The minimum Gasteiger partial charge on any atom is -0.478 e. The minimum absolute atomic E-state index is 0.0317. The highest BCUT2D eigenvalue weighted by Crippen LogP contribution is 2.21. The number of carbonyl (C=O) groups excluding carboxylic acids is 1. The van der Waals surface area contributed by atoms with Crippen LogP contribution in [0.2, 0.25) is 5.02 Å². The molecule has 0 heterocycles. The highest BCUT2D eigenvalue weighted by atomic mass is 35.5. The van der Waals surface area contributed by atoms with Crippen LogP contribution in [0.15, 0.2) is 18.2 Å². The smallest absolute Gasteiger partial charge is 0.337 e. The fourth-order valence-electron chi connectivity index (χ4n) is 1.88. The molecule has 4 nitrogen and oxygen atoms in total. The molecular weight excluding hydrogens is 278 g/mol. The van der Waals surface area contributed by atoms with E-state index in [-0.39, 0.29) is 16.5 Å². The van der Waals surface area contributed by atoms with Crippen LogP contribution in [0.3, 0.4) is 0 Å². The maximum Gasteiger partial charge on any atom is 0.337 e. The lowest BCUT2D eigenvalue weighted by atomic mass is 10.1. The van der Waals surface area contributed by atoms with Crippen molar-refractivity contribution in [3.63, 3.8) is 0 Å². The van der Waals surface area contributed by atoms with E-state index in [0.29, 0.717) is 12.1 Å². The third-order valence-electron chi connectivity index (χ3n) is 2.99. The molecule has 110 valence electrons. The van der Waals surface area contributed by atoms with Crippen molar-refractivity contribution in [1.29, 1.82) is 0 Å². The third-order valence-corrected chi connectivity index (χ3v) is 3.30. The number of anilines is 1. The molecular formula is C15H20ClNO3. The van der Waals surface area contributed by atoms with E-state index in [4.69, 9.17) is 16.7 Å². The number of unbranched alkanes of at least 4 members (excludes halogenated alkanes) is 4. The molecule has 1 aromatic rings. The zero-order chi connectivity index (χ0) is 15.0. The largest absolute Gasteiger partial charge is 0.478 e. The van der Waals surface area contributed by atoms with Crippen molar-refractivity contribution in [3.8, 4) is 0 Å². The zero-order valence-electron chi connectivity index (χ0n) is 11.6. The Bertz CT molecular complexity index is 474. The summed E-state index contributed by atoms with van der Waals surface area (Å²) in [6.45, 7) is 2.15. The molecule has 0 atom stereocenters. The van der Waals surface area contributed by atoms with Crippen LogP contribution in [-0.2, 0) is 4.79 Å². The molecule has 0 aromatic heterocycles. The number of amides is 1. The maximum atomic E-state index is 11.7. The van der Waals surface area contributed by atoms with Crippen LogP contribution < -0.4 is 5.32 Å². The Morgan fingerprint density at radius 1 is 1.20 bits per heavy atom. The van der Waals surface area contributed by atoms with Crippen LogP contribution in [-0.4, -0.2) is 17.0 Å². The molecule has 0 bridgehead atoms. The molecule has 0 spiro atoms. The van der Waals surface area contributed by atoms with Gasteiger partial charge in [0.1, 0.15) is 0 Å². The van der Waals surface area contributed by atoms with Gasteiger partial charge in [-0.15, -0.1) is 0 Å². The quantitative estimate of drug-likeness (QED) is 0.702. The summed E-state index contributed by atoms with van der Waals surface area (Å²) >= 11 is 5.84. The summed E-state index contributed by atoms with van der Waals surface area (Å²) in [6.07, 6.45) is 5.94. The van der Waals surface area contributed by atoms with Crippen molar-refractivity contribution in [2.75, 3.05) is 5.32 Å². The predicted octanol–water partition coefficient (Wildman–Crippen LogP) is 4.34. The number of hydrogen-bond acceptors (Lipinski definition) is 2. The van der Waals surface area contributed by atoms with Gasteiger partial charge in [0.2, 0.25) is 5.91 Å². The van der Waals surface area contributed by atoms with Gasteiger partial charge < -0.3 is 10.4 Å². The molecule has 0 saturated carbocycles. The van der Waals surface area contributed by atoms with Crippen molar-refractivity contribution >= 4 is 29.2 Å². The molecule has 0 aliphatic carbocycles. The first kappa shape index (κ1) is 16.5. The molecule has 1 rings (SSSR count). The number of halogens is 1. The average Bonchev–Trinajstić information content (AvgIpc) is 2.38. The lowest BCUT2D eigenvalue weighted by Gasteiger charge is -2.07. The van der Waals surface area contributed by atoms with Crippen LogP contribution in [0.1, 0.15) is 55.8 Å². The van der Waals surface area contributed by atoms with Crippen molar-refractivity contribution in [2.24, 2.45) is 0 Å². The topological polar surface area (TPSA) is 66.4 Å². The van der Waals surface area contributed by atoms with Gasteiger partial charge in [-0.3, -0.25) is 4.79 Å². The SMILES string of the molecule is CCCCCCCC(=O)Nc1ccc(C(=O)O)c(Cl)c1. The van der Waals surface area contributed by atoms with Crippen LogP contribution in [0.4, 0.5) is 5.69 Å². The second-order valence-electron chi connectivity index (χ2n) is 4.71. The van der Waals surface area contributed by atoms with Gasteiger partial charge in [0.15, 0.2) is 0 Å². The van der Waals surface area contributed by atoms with Gasteiger partial charge in [-0.1, -0.05) is 44.2 Å². The summed E-state index contributed by atoms with van der Waals surface area (Å²) < 4.78 is 0. The molecule has 0 fully saturated rings. The second-order valence-corrected chi connectivity index (χ2v) is 5.12. The number of aromatic carboxylic acids is 1. The van der Waals surface area contributed by atoms with Gasteiger partial charge in [-0.05, 0) is 24.6 Å². The van der Waals surface area contributed by atoms with E-state index in [1.807, 2.05) is 0 Å². The van der Waals surface area contributed by atoms with E-state index >= 15 is 0 Å². The second kappa shape index (κ2) is 8.59. The fraction of sp³-hybridized carbons (Fsp3) is 0.467.